The van der Waals surface area contributed by atoms with Gasteiger partial charge in [0.25, 0.3) is 5.91 Å². The molecule has 0 aromatic heterocycles. The van der Waals surface area contributed by atoms with Crippen molar-refractivity contribution in [3.05, 3.63) is 35.4 Å². The van der Waals surface area contributed by atoms with Crippen LogP contribution in [0.25, 0.3) is 0 Å². The summed E-state index contributed by atoms with van der Waals surface area (Å²) in [4.78, 5) is 25.3. The van der Waals surface area contributed by atoms with Gasteiger partial charge in [0.2, 0.25) is 5.91 Å². The first-order chi connectivity index (χ1) is 9.12. The maximum atomic E-state index is 11.9. The van der Waals surface area contributed by atoms with E-state index in [2.05, 4.69) is 5.32 Å². The molecule has 0 fully saturated rings. The van der Waals surface area contributed by atoms with Crippen LogP contribution < -0.4 is 11.1 Å². The highest BCUT2D eigenvalue weighted by Gasteiger charge is 2.12. The molecule has 0 radical (unpaired) electrons. The Labute approximate surface area is 113 Å². The second kappa shape index (κ2) is 7.53. The average Bonchev–Trinajstić information content (AvgIpc) is 2.46. The van der Waals surface area contributed by atoms with Crippen LogP contribution in [0.15, 0.2) is 24.3 Å². The van der Waals surface area contributed by atoms with E-state index in [1.807, 2.05) is 19.9 Å². The summed E-state index contributed by atoms with van der Waals surface area (Å²) < 4.78 is 0. The largest absolute Gasteiger partial charge is 0.343 e. The molecule has 1 aromatic carbocycles. The van der Waals surface area contributed by atoms with Gasteiger partial charge in [-0.1, -0.05) is 12.1 Å². The smallest absolute Gasteiger partial charge is 0.251 e. The van der Waals surface area contributed by atoms with Crippen LogP contribution in [0.2, 0.25) is 0 Å². The monoisotopic (exact) mass is 263 g/mol. The van der Waals surface area contributed by atoms with Crippen LogP contribution in [0, 0.1) is 0 Å². The molecule has 0 aliphatic heterocycles. The molecule has 5 nitrogen and oxygen atoms in total. The summed E-state index contributed by atoms with van der Waals surface area (Å²) in [5.41, 5.74) is 6.94. The van der Waals surface area contributed by atoms with Gasteiger partial charge in [-0.25, -0.2) is 0 Å². The molecule has 104 valence electrons. The Kier molecular flexibility index (Phi) is 6.02. The van der Waals surface area contributed by atoms with Crippen molar-refractivity contribution >= 4 is 11.8 Å². The average molecular weight is 263 g/mol. The van der Waals surface area contributed by atoms with E-state index in [-0.39, 0.29) is 18.4 Å². The molecule has 3 N–H and O–H groups in total. The van der Waals surface area contributed by atoms with Crippen LogP contribution in [-0.2, 0) is 11.3 Å². The lowest BCUT2D eigenvalue weighted by Crippen LogP contribution is -2.40. The first kappa shape index (κ1) is 15.2. The minimum Gasteiger partial charge on any atom is -0.343 e. The Balaban J connectivity index is 2.57. The maximum Gasteiger partial charge on any atom is 0.251 e. The van der Waals surface area contributed by atoms with Gasteiger partial charge < -0.3 is 16.0 Å². The third-order valence-corrected chi connectivity index (χ3v) is 2.94. The number of carbonyl (C=O) groups excluding carboxylic acids is 2. The number of nitrogens with zero attached hydrogens (tertiary/aromatic N) is 1. The number of hydrogen-bond acceptors (Lipinski definition) is 3. The SMILES string of the molecule is CCN(CC)C(=O)CNC(=O)c1cccc(CN)c1. The van der Waals surface area contributed by atoms with Crippen molar-refractivity contribution in [3.8, 4) is 0 Å². The number of amides is 2. The van der Waals surface area contributed by atoms with Gasteiger partial charge in [0, 0.05) is 25.2 Å². The highest BCUT2D eigenvalue weighted by atomic mass is 16.2. The Hall–Kier alpha value is -1.88. The minimum atomic E-state index is -0.254. The van der Waals surface area contributed by atoms with E-state index in [9.17, 15) is 9.59 Å². The summed E-state index contributed by atoms with van der Waals surface area (Å²) in [6.45, 7) is 5.52. The lowest BCUT2D eigenvalue weighted by molar-refractivity contribution is -0.129. The van der Waals surface area contributed by atoms with Crippen LogP contribution in [0.5, 0.6) is 0 Å². The lowest BCUT2D eigenvalue weighted by atomic mass is 10.1. The van der Waals surface area contributed by atoms with Crippen molar-refractivity contribution in [2.75, 3.05) is 19.6 Å². The molecule has 0 heterocycles. The van der Waals surface area contributed by atoms with Crippen molar-refractivity contribution < 1.29 is 9.59 Å². The van der Waals surface area contributed by atoms with Crippen molar-refractivity contribution in [2.24, 2.45) is 5.73 Å². The molecule has 19 heavy (non-hydrogen) atoms. The second-order valence-electron chi connectivity index (χ2n) is 4.15. The van der Waals surface area contributed by atoms with E-state index in [4.69, 9.17) is 5.73 Å². The Morgan fingerprint density at radius 1 is 1.26 bits per heavy atom. The van der Waals surface area contributed by atoms with Crippen molar-refractivity contribution in [1.82, 2.24) is 10.2 Å². The van der Waals surface area contributed by atoms with E-state index in [1.165, 1.54) is 0 Å². The summed E-state index contributed by atoms with van der Waals surface area (Å²) in [5, 5.41) is 2.63. The topological polar surface area (TPSA) is 75.4 Å². The maximum absolute atomic E-state index is 11.9. The van der Waals surface area contributed by atoms with Gasteiger partial charge in [0.05, 0.1) is 6.54 Å². The van der Waals surface area contributed by atoms with Gasteiger partial charge >= 0.3 is 0 Å². The van der Waals surface area contributed by atoms with Gasteiger partial charge in [-0.05, 0) is 31.5 Å². The van der Waals surface area contributed by atoms with E-state index in [0.717, 1.165) is 5.56 Å². The van der Waals surface area contributed by atoms with Crippen molar-refractivity contribution in [2.45, 2.75) is 20.4 Å². The molecular weight excluding hydrogens is 242 g/mol. The third kappa shape index (κ3) is 4.37. The summed E-state index contributed by atoms with van der Waals surface area (Å²) in [6.07, 6.45) is 0. The van der Waals surface area contributed by atoms with Crippen LogP contribution in [0.3, 0.4) is 0 Å². The number of likely N-dealkylation sites (N-methyl/N-ethyl adjacent to an activating group) is 1. The summed E-state index contributed by atoms with van der Waals surface area (Å²) in [7, 11) is 0. The first-order valence-corrected chi connectivity index (χ1v) is 6.47. The Bertz CT molecular complexity index is 442. The molecule has 0 atom stereocenters. The summed E-state index contributed by atoms with van der Waals surface area (Å²) in [6, 6.07) is 7.08. The fourth-order valence-corrected chi connectivity index (χ4v) is 1.79. The van der Waals surface area contributed by atoms with E-state index < -0.39 is 0 Å². The number of benzene rings is 1. The predicted molar refractivity (Wildman–Crippen MR) is 74.6 cm³/mol. The van der Waals surface area contributed by atoms with E-state index >= 15 is 0 Å². The highest BCUT2D eigenvalue weighted by Crippen LogP contribution is 2.04. The number of hydrogen-bond donors (Lipinski definition) is 2. The van der Waals surface area contributed by atoms with E-state index in [1.54, 1.807) is 23.1 Å². The number of rotatable bonds is 6. The molecule has 0 aliphatic carbocycles. The van der Waals surface area contributed by atoms with Crippen LogP contribution >= 0.6 is 0 Å². The number of carbonyl (C=O) groups is 2. The zero-order chi connectivity index (χ0) is 14.3. The molecule has 2 amide bonds. The fourth-order valence-electron chi connectivity index (χ4n) is 1.79. The molecule has 1 rings (SSSR count). The third-order valence-electron chi connectivity index (χ3n) is 2.94. The van der Waals surface area contributed by atoms with Gasteiger partial charge in [-0.2, -0.15) is 0 Å². The van der Waals surface area contributed by atoms with Gasteiger partial charge in [0.15, 0.2) is 0 Å². The van der Waals surface area contributed by atoms with Crippen LogP contribution in [0.4, 0.5) is 0 Å². The van der Waals surface area contributed by atoms with Crippen molar-refractivity contribution in [1.29, 1.82) is 0 Å². The van der Waals surface area contributed by atoms with Crippen molar-refractivity contribution in [3.63, 3.8) is 0 Å². The molecule has 0 spiro atoms. The molecule has 0 unspecified atom stereocenters. The number of nitrogens with two attached hydrogens (primary N) is 1. The Morgan fingerprint density at radius 3 is 2.53 bits per heavy atom. The molecule has 1 aromatic rings. The fraction of sp³-hybridized carbons (Fsp3) is 0.429. The standard InChI is InChI=1S/C14H21N3O2/c1-3-17(4-2)13(18)10-16-14(19)12-7-5-6-11(8-12)9-15/h5-8H,3-4,9-10,15H2,1-2H3,(H,16,19). The van der Waals surface area contributed by atoms with E-state index in [0.29, 0.717) is 25.2 Å². The summed E-state index contributed by atoms with van der Waals surface area (Å²) in [5.74, 6) is -0.330. The Morgan fingerprint density at radius 2 is 1.95 bits per heavy atom. The number of nitrogens with one attached hydrogen (secondary N) is 1. The predicted octanol–water partition coefficient (Wildman–Crippen LogP) is 0.743. The van der Waals surface area contributed by atoms with Gasteiger partial charge in [-0.3, -0.25) is 9.59 Å². The molecule has 0 saturated heterocycles. The van der Waals surface area contributed by atoms with Gasteiger partial charge in [-0.15, -0.1) is 0 Å². The molecular formula is C14H21N3O2. The molecule has 0 aliphatic rings. The highest BCUT2D eigenvalue weighted by molar-refractivity contribution is 5.96. The molecule has 0 saturated carbocycles. The van der Waals surface area contributed by atoms with Crippen LogP contribution in [0.1, 0.15) is 29.8 Å². The summed E-state index contributed by atoms with van der Waals surface area (Å²) >= 11 is 0. The zero-order valence-electron chi connectivity index (χ0n) is 11.5. The molecule has 0 bridgehead atoms. The molecule has 5 heteroatoms. The first-order valence-electron chi connectivity index (χ1n) is 6.47. The minimum absolute atomic E-state index is 0.0212. The zero-order valence-corrected chi connectivity index (χ0v) is 11.5. The normalized spacial score (nSPS) is 10.1. The quantitative estimate of drug-likeness (QED) is 0.795. The van der Waals surface area contributed by atoms with Crippen LogP contribution in [-0.4, -0.2) is 36.3 Å². The lowest BCUT2D eigenvalue weighted by Gasteiger charge is -2.18. The second-order valence-corrected chi connectivity index (χ2v) is 4.15. The van der Waals surface area contributed by atoms with Gasteiger partial charge in [0.1, 0.15) is 0 Å².